The van der Waals surface area contributed by atoms with Crippen molar-refractivity contribution in [1.29, 1.82) is 0 Å². The fourth-order valence-electron chi connectivity index (χ4n) is 5.59. The average Bonchev–Trinajstić information content (AvgIpc) is 2.68. The van der Waals surface area contributed by atoms with Crippen molar-refractivity contribution in [2.45, 2.75) is 63.7 Å². The number of likely N-dealkylation sites (tertiary alicyclic amines) is 1. The van der Waals surface area contributed by atoms with Crippen LogP contribution in [0, 0.1) is 17.3 Å². The first-order valence-electron chi connectivity index (χ1n) is 11.0. The molecule has 1 spiro atoms. The van der Waals surface area contributed by atoms with Gasteiger partial charge in [-0.05, 0) is 62.1 Å². The van der Waals surface area contributed by atoms with E-state index in [2.05, 4.69) is 5.32 Å². The van der Waals surface area contributed by atoms with Gasteiger partial charge < -0.3 is 5.32 Å². The summed E-state index contributed by atoms with van der Waals surface area (Å²) in [7, 11) is 0. The van der Waals surface area contributed by atoms with Gasteiger partial charge in [0.1, 0.15) is 0 Å². The lowest BCUT2D eigenvalue weighted by Crippen LogP contribution is -2.61. The molecule has 6 heteroatoms. The van der Waals surface area contributed by atoms with Crippen molar-refractivity contribution in [3.63, 3.8) is 0 Å². The van der Waals surface area contributed by atoms with Gasteiger partial charge >= 0.3 is 0 Å². The fourth-order valence-corrected chi connectivity index (χ4v) is 5.78. The van der Waals surface area contributed by atoms with Gasteiger partial charge in [-0.1, -0.05) is 36.9 Å². The number of nitrogens with one attached hydrogen (secondary N) is 1. The summed E-state index contributed by atoms with van der Waals surface area (Å²) in [5, 5.41) is 3.56. The maximum Gasteiger partial charge on any atom is 0.263 e. The van der Waals surface area contributed by atoms with Crippen molar-refractivity contribution >= 4 is 23.2 Å². The molecule has 29 heavy (non-hydrogen) atoms. The standard InChI is InChI=1S/C23H31ClF2N2O/c24-19-7-4-8-20(13-19)27-21(29)17-9-11-22(12-10-17)14-28(15-22)16-23(25,26)18-5-2-1-3-6-18/h4,7-8,13,17-18H,1-3,5-6,9-12,14-16H2,(H,27,29). The molecule has 4 rings (SSSR count). The fraction of sp³-hybridized carbons (Fsp3) is 0.696. The number of halogens is 3. The molecule has 1 aromatic rings. The third kappa shape index (κ3) is 4.93. The highest BCUT2D eigenvalue weighted by Gasteiger charge is 2.50. The Balaban J connectivity index is 1.22. The smallest absolute Gasteiger partial charge is 0.263 e. The Hall–Kier alpha value is -1.20. The normalized spacial score (nSPS) is 23.7. The molecule has 1 heterocycles. The van der Waals surface area contributed by atoms with Gasteiger partial charge in [0.05, 0.1) is 6.54 Å². The van der Waals surface area contributed by atoms with E-state index in [4.69, 9.17) is 11.6 Å². The summed E-state index contributed by atoms with van der Waals surface area (Å²) in [6.07, 6.45) is 7.92. The van der Waals surface area contributed by atoms with Crippen LogP contribution in [0.2, 0.25) is 5.02 Å². The second kappa shape index (κ2) is 8.50. The van der Waals surface area contributed by atoms with Gasteiger partial charge in [0, 0.05) is 35.6 Å². The molecule has 1 amide bonds. The molecule has 2 saturated carbocycles. The van der Waals surface area contributed by atoms with Gasteiger partial charge in [0.2, 0.25) is 5.91 Å². The van der Waals surface area contributed by atoms with Gasteiger partial charge in [-0.25, -0.2) is 8.78 Å². The van der Waals surface area contributed by atoms with Gasteiger partial charge in [0.25, 0.3) is 5.92 Å². The minimum Gasteiger partial charge on any atom is -0.326 e. The van der Waals surface area contributed by atoms with Crippen LogP contribution in [0.4, 0.5) is 14.5 Å². The van der Waals surface area contributed by atoms with Crippen molar-refractivity contribution < 1.29 is 13.6 Å². The molecule has 1 saturated heterocycles. The van der Waals surface area contributed by atoms with E-state index in [0.717, 1.165) is 63.7 Å². The molecule has 0 aromatic heterocycles. The Kier molecular flexibility index (Phi) is 6.17. The van der Waals surface area contributed by atoms with Crippen molar-refractivity contribution in [2.24, 2.45) is 17.3 Å². The third-order valence-electron chi connectivity index (χ3n) is 7.26. The van der Waals surface area contributed by atoms with Crippen LogP contribution >= 0.6 is 11.6 Å². The lowest BCUT2D eigenvalue weighted by atomic mass is 9.65. The highest BCUT2D eigenvalue weighted by Crippen LogP contribution is 2.47. The summed E-state index contributed by atoms with van der Waals surface area (Å²) in [5.41, 5.74) is 0.873. The second-order valence-corrected chi connectivity index (χ2v) is 9.95. The molecule has 0 unspecified atom stereocenters. The number of hydrogen-bond acceptors (Lipinski definition) is 2. The molecule has 2 aliphatic carbocycles. The van der Waals surface area contributed by atoms with Crippen molar-refractivity contribution in [3.8, 4) is 0 Å². The van der Waals surface area contributed by atoms with Crippen molar-refractivity contribution in [3.05, 3.63) is 29.3 Å². The van der Waals surface area contributed by atoms with Gasteiger partial charge in [0.15, 0.2) is 0 Å². The van der Waals surface area contributed by atoms with Crippen LogP contribution in [0.5, 0.6) is 0 Å². The Labute approximate surface area is 177 Å². The van der Waals surface area contributed by atoms with E-state index in [1.807, 2.05) is 17.0 Å². The van der Waals surface area contributed by atoms with Crippen LogP contribution in [0.3, 0.4) is 0 Å². The zero-order valence-corrected chi connectivity index (χ0v) is 17.7. The van der Waals surface area contributed by atoms with Crippen molar-refractivity contribution in [1.82, 2.24) is 4.90 Å². The van der Waals surface area contributed by atoms with Crippen LogP contribution in [0.25, 0.3) is 0 Å². The Bertz CT molecular complexity index is 719. The Morgan fingerprint density at radius 1 is 1.14 bits per heavy atom. The zero-order chi connectivity index (χ0) is 20.5. The van der Waals surface area contributed by atoms with E-state index in [9.17, 15) is 13.6 Å². The summed E-state index contributed by atoms with van der Waals surface area (Å²) in [6.45, 7) is 1.44. The summed E-state index contributed by atoms with van der Waals surface area (Å²) in [6, 6.07) is 7.19. The first-order chi connectivity index (χ1) is 13.9. The maximum atomic E-state index is 14.6. The van der Waals surface area contributed by atoms with Crippen LogP contribution in [0.15, 0.2) is 24.3 Å². The largest absolute Gasteiger partial charge is 0.326 e. The van der Waals surface area contributed by atoms with E-state index < -0.39 is 11.8 Å². The molecule has 1 aromatic carbocycles. The molecule has 160 valence electrons. The molecule has 1 N–H and O–H groups in total. The Morgan fingerprint density at radius 3 is 2.48 bits per heavy atom. The van der Waals surface area contributed by atoms with E-state index >= 15 is 0 Å². The summed E-state index contributed by atoms with van der Waals surface area (Å²) in [5.74, 6) is -2.95. The molecule has 3 aliphatic rings. The second-order valence-electron chi connectivity index (χ2n) is 9.51. The quantitative estimate of drug-likeness (QED) is 0.629. The predicted octanol–water partition coefficient (Wildman–Crippen LogP) is 5.99. The Morgan fingerprint density at radius 2 is 1.83 bits per heavy atom. The molecule has 0 radical (unpaired) electrons. The number of alkyl halides is 2. The monoisotopic (exact) mass is 424 g/mol. The summed E-state index contributed by atoms with van der Waals surface area (Å²) < 4.78 is 29.3. The number of benzene rings is 1. The highest BCUT2D eigenvalue weighted by molar-refractivity contribution is 6.30. The van der Waals surface area contributed by atoms with Crippen molar-refractivity contribution in [2.75, 3.05) is 25.0 Å². The average molecular weight is 425 g/mol. The van der Waals surface area contributed by atoms with Gasteiger partial charge in [-0.3, -0.25) is 9.69 Å². The number of carbonyl (C=O) groups excluding carboxylic acids is 1. The topological polar surface area (TPSA) is 32.3 Å². The highest BCUT2D eigenvalue weighted by atomic mass is 35.5. The third-order valence-corrected chi connectivity index (χ3v) is 7.50. The first kappa shape index (κ1) is 21.0. The lowest BCUT2D eigenvalue weighted by Gasteiger charge is -2.54. The maximum absolute atomic E-state index is 14.6. The van der Waals surface area contributed by atoms with Gasteiger partial charge in [-0.15, -0.1) is 0 Å². The van der Waals surface area contributed by atoms with E-state index in [1.165, 1.54) is 0 Å². The number of rotatable bonds is 5. The number of carbonyl (C=O) groups is 1. The molecular formula is C23H31ClF2N2O. The molecule has 1 aliphatic heterocycles. The molecule has 3 nitrogen and oxygen atoms in total. The predicted molar refractivity (Wildman–Crippen MR) is 112 cm³/mol. The van der Waals surface area contributed by atoms with Crippen LogP contribution in [-0.2, 0) is 4.79 Å². The number of amides is 1. The van der Waals surface area contributed by atoms with E-state index in [1.54, 1.807) is 12.1 Å². The van der Waals surface area contributed by atoms with E-state index in [0.29, 0.717) is 17.9 Å². The summed E-state index contributed by atoms with van der Waals surface area (Å²) in [4.78, 5) is 14.5. The van der Waals surface area contributed by atoms with Crippen LogP contribution < -0.4 is 5.32 Å². The van der Waals surface area contributed by atoms with Crippen LogP contribution in [0.1, 0.15) is 57.8 Å². The molecular weight excluding hydrogens is 394 g/mol. The minimum absolute atomic E-state index is 0.00247. The minimum atomic E-state index is -2.56. The molecule has 3 fully saturated rings. The van der Waals surface area contributed by atoms with Gasteiger partial charge in [-0.2, -0.15) is 0 Å². The lowest BCUT2D eigenvalue weighted by molar-refractivity contribution is -0.138. The molecule has 0 atom stereocenters. The SMILES string of the molecule is O=C(Nc1cccc(Cl)c1)C1CCC2(CC1)CN(CC(F)(F)C1CCCCC1)C2. The molecule has 0 bridgehead atoms. The number of nitrogens with zero attached hydrogens (tertiary/aromatic N) is 1. The zero-order valence-electron chi connectivity index (χ0n) is 16.9. The summed E-state index contributed by atoms with van der Waals surface area (Å²) >= 11 is 5.98. The van der Waals surface area contributed by atoms with E-state index in [-0.39, 0.29) is 23.8 Å². The number of hydrogen-bond donors (Lipinski definition) is 1. The number of anilines is 1. The van der Waals surface area contributed by atoms with Crippen LogP contribution in [-0.4, -0.2) is 36.4 Å². The first-order valence-corrected chi connectivity index (χ1v) is 11.4.